The smallest absolute Gasteiger partial charge is 0.0595 e. The SMILES string of the molecule is Clc1ccc(CC(Br)c2ccc3c(c2)CCCC3)cc1Cl. The molecule has 0 heterocycles. The van der Waals surface area contributed by atoms with Gasteiger partial charge < -0.3 is 0 Å². The Balaban J connectivity index is 1.78. The number of hydrogen-bond donors (Lipinski definition) is 0. The molecule has 1 unspecified atom stereocenters. The highest BCUT2D eigenvalue weighted by atomic mass is 79.9. The van der Waals surface area contributed by atoms with Crippen molar-refractivity contribution in [2.45, 2.75) is 36.9 Å². The van der Waals surface area contributed by atoms with Crippen LogP contribution in [0.2, 0.25) is 10.0 Å². The van der Waals surface area contributed by atoms with Gasteiger partial charge in [0.1, 0.15) is 0 Å². The van der Waals surface area contributed by atoms with E-state index in [1.54, 1.807) is 0 Å². The van der Waals surface area contributed by atoms with Crippen LogP contribution in [-0.2, 0) is 19.3 Å². The average molecular weight is 384 g/mol. The first-order valence-corrected chi connectivity index (χ1v) is 9.00. The summed E-state index contributed by atoms with van der Waals surface area (Å²) < 4.78 is 0. The van der Waals surface area contributed by atoms with E-state index in [9.17, 15) is 0 Å². The third kappa shape index (κ3) is 3.64. The lowest BCUT2D eigenvalue weighted by Crippen LogP contribution is -2.04. The molecule has 1 atom stereocenters. The van der Waals surface area contributed by atoms with Gasteiger partial charge in [-0.15, -0.1) is 0 Å². The Bertz CT molecular complexity index is 652. The van der Waals surface area contributed by atoms with Crippen LogP contribution in [0.15, 0.2) is 36.4 Å². The van der Waals surface area contributed by atoms with Gasteiger partial charge in [0.05, 0.1) is 10.0 Å². The molecule has 0 fully saturated rings. The van der Waals surface area contributed by atoms with Gasteiger partial charge in [0.15, 0.2) is 0 Å². The van der Waals surface area contributed by atoms with Crippen molar-refractivity contribution in [2.75, 3.05) is 0 Å². The lowest BCUT2D eigenvalue weighted by Gasteiger charge is -2.18. The van der Waals surface area contributed by atoms with Crippen LogP contribution in [0.5, 0.6) is 0 Å². The van der Waals surface area contributed by atoms with Crippen LogP contribution in [0.3, 0.4) is 0 Å². The van der Waals surface area contributed by atoms with E-state index in [-0.39, 0.29) is 0 Å². The number of halogens is 3. The van der Waals surface area contributed by atoms with Gasteiger partial charge in [-0.25, -0.2) is 0 Å². The van der Waals surface area contributed by atoms with Crippen molar-refractivity contribution < 1.29 is 0 Å². The molecule has 0 spiro atoms. The molecule has 0 aliphatic heterocycles. The van der Waals surface area contributed by atoms with Crippen LogP contribution >= 0.6 is 39.1 Å². The molecule has 0 saturated heterocycles. The summed E-state index contributed by atoms with van der Waals surface area (Å²) in [4.78, 5) is 0.307. The highest BCUT2D eigenvalue weighted by molar-refractivity contribution is 9.09. The summed E-state index contributed by atoms with van der Waals surface area (Å²) in [5.74, 6) is 0. The highest BCUT2D eigenvalue weighted by Crippen LogP contribution is 2.32. The van der Waals surface area contributed by atoms with Crippen molar-refractivity contribution in [3.63, 3.8) is 0 Å². The normalized spacial score (nSPS) is 15.6. The minimum Gasteiger partial charge on any atom is -0.0835 e. The van der Waals surface area contributed by atoms with Gasteiger partial charge in [-0.2, -0.15) is 0 Å². The van der Waals surface area contributed by atoms with Crippen LogP contribution in [0, 0.1) is 0 Å². The molecule has 0 bridgehead atoms. The number of rotatable bonds is 3. The molecule has 3 heteroatoms. The van der Waals surface area contributed by atoms with Gasteiger partial charge in [0.2, 0.25) is 0 Å². The Hall–Kier alpha value is -0.500. The summed E-state index contributed by atoms with van der Waals surface area (Å²) in [6, 6.07) is 12.8. The summed E-state index contributed by atoms with van der Waals surface area (Å²) in [6.45, 7) is 0. The number of fused-ring (bicyclic) bond motifs is 1. The fourth-order valence-electron chi connectivity index (χ4n) is 2.94. The quantitative estimate of drug-likeness (QED) is 0.527. The van der Waals surface area contributed by atoms with Crippen LogP contribution in [-0.4, -0.2) is 0 Å². The van der Waals surface area contributed by atoms with E-state index in [0.29, 0.717) is 14.9 Å². The van der Waals surface area contributed by atoms with Crippen molar-refractivity contribution in [3.05, 3.63) is 68.7 Å². The maximum Gasteiger partial charge on any atom is 0.0595 e. The van der Waals surface area contributed by atoms with Crippen LogP contribution in [0.25, 0.3) is 0 Å². The predicted octanol–water partition coefficient (Wildman–Crippen LogP) is 6.55. The Morgan fingerprint density at radius 1 is 0.905 bits per heavy atom. The van der Waals surface area contributed by atoms with E-state index in [4.69, 9.17) is 23.2 Å². The number of alkyl halides is 1. The van der Waals surface area contributed by atoms with Crippen LogP contribution in [0.4, 0.5) is 0 Å². The van der Waals surface area contributed by atoms with Gasteiger partial charge in [-0.05, 0) is 66.5 Å². The van der Waals surface area contributed by atoms with E-state index < -0.39 is 0 Å². The van der Waals surface area contributed by atoms with Gasteiger partial charge in [-0.1, -0.05) is 63.4 Å². The van der Waals surface area contributed by atoms with Crippen molar-refractivity contribution in [3.8, 4) is 0 Å². The van der Waals surface area contributed by atoms with Crippen LogP contribution < -0.4 is 0 Å². The Morgan fingerprint density at radius 2 is 1.67 bits per heavy atom. The van der Waals surface area contributed by atoms with E-state index in [1.807, 2.05) is 18.2 Å². The van der Waals surface area contributed by atoms with Crippen molar-refractivity contribution >= 4 is 39.1 Å². The molecular formula is C18H17BrCl2. The third-order valence-corrected chi connectivity index (χ3v) is 5.72. The molecule has 1 aliphatic rings. The van der Waals surface area contributed by atoms with Gasteiger partial charge in [-0.3, -0.25) is 0 Å². The molecule has 0 saturated carbocycles. The van der Waals surface area contributed by atoms with Crippen molar-refractivity contribution in [1.82, 2.24) is 0 Å². The summed E-state index contributed by atoms with van der Waals surface area (Å²) in [5, 5.41) is 1.24. The van der Waals surface area contributed by atoms with Gasteiger partial charge in [0.25, 0.3) is 0 Å². The maximum atomic E-state index is 6.09. The van der Waals surface area contributed by atoms with E-state index in [0.717, 1.165) is 6.42 Å². The zero-order valence-electron chi connectivity index (χ0n) is 11.7. The predicted molar refractivity (Wildman–Crippen MR) is 94.9 cm³/mol. The minimum atomic E-state index is 0.307. The largest absolute Gasteiger partial charge is 0.0835 e. The molecule has 0 amide bonds. The fourth-order valence-corrected chi connectivity index (χ4v) is 3.92. The minimum absolute atomic E-state index is 0.307. The second kappa shape index (κ2) is 6.73. The van der Waals surface area contributed by atoms with E-state index in [1.165, 1.54) is 47.9 Å². The Kier molecular flexibility index (Phi) is 4.93. The van der Waals surface area contributed by atoms with Crippen molar-refractivity contribution in [1.29, 1.82) is 0 Å². The van der Waals surface area contributed by atoms with Crippen molar-refractivity contribution in [2.24, 2.45) is 0 Å². The fraction of sp³-hybridized carbons (Fsp3) is 0.333. The first-order valence-electron chi connectivity index (χ1n) is 7.33. The Morgan fingerprint density at radius 3 is 2.43 bits per heavy atom. The lowest BCUT2D eigenvalue weighted by molar-refractivity contribution is 0.684. The maximum absolute atomic E-state index is 6.09. The molecule has 2 aromatic carbocycles. The highest BCUT2D eigenvalue weighted by Gasteiger charge is 2.14. The Labute approximate surface area is 144 Å². The van der Waals surface area contributed by atoms with Crippen LogP contribution in [0.1, 0.15) is 39.9 Å². The molecule has 0 N–H and O–H groups in total. The number of hydrogen-bond acceptors (Lipinski definition) is 0. The molecule has 3 rings (SSSR count). The second-order valence-electron chi connectivity index (χ2n) is 5.66. The van der Waals surface area contributed by atoms with E-state index in [2.05, 4.69) is 34.1 Å². The van der Waals surface area contributed by atoms with Gasteiger partial charge >= 0.3 is 0 Å². The zero-order valence-corrected chi connectivity index (χ0v) is 14.8. The standard InChI is InChI=1S/C18H17BrCl2/c19-16(9-12-5-8-17(20)18(21)10-12)15-7-6-13-3-1-2-4-14(13)11-15/h5-8,10-11,16H,1-4,9H2. The summed E-state index contributed by atoms with van der Waals surface area (Å²) in [5.41, 5.74) is 5.60. The third-order valence-electron chi connectivity index (χ3n) is 4.13. The molecule has 21 heavy (non-hydrogen) atoms. The molecule has 0 aromatic heterocycles. The molecule has 0 nitrogen and oxygen atoms in total. The summed E-state index contributed by atoms with van der Waals surface area (Å²) >= 11 is 15.9. The molecule has 0 radical (unpaired) electrons. The summed E-state index contributed by atoms with van der Waals surface area (Å²) in [6.07, 6.45) is 6.00. The summed E-state index contributed by atoms with van der Waals surface area (Å²) in [7, 11) is 0. The topological polar surface area (TPSA) is 0 Å². The van der Waals surface area contributed by atoms with Gasteiger partial charge in [0, 0.05) is 4.83 Å². The average Bonchev–Trinajstić information content (AvgIpc) is 2.50. The molecule has 110 valence electrons. The monoisotopic (exact) mass is 382 g/mol. The number of benzene rings is 2. The zero-order chi connectivity index (χ0) is 14.8. The molecular weight excluding hydrogens is 367 g/mol. The lowest BCUT2D eigenvalue weighted by atomic mass is 9.89. The number of aryl methyl sites for hydroxylation is 2. The first kappa shape index (κ1) is 15.4. The molecule has 2 aromatic rings. The van der Waals surface area contributed by atoms with E-state index >= 15 is 0 Å². The second-order valence-corrected chi connectivity index (χ2v) is 7.58. The first-order chi connectivity index (χ1) is 10.1. The molecule has 1 aliphatic carbocycles.